The molecule has 1 saturated heterocycles. The van der Waals surface area contributed by atoms with Gasteiger partial charge in [0.05, 0.1) is 30.9 Å². The van der Waals surface area contributed by atoms with Crippen LogP contribution >= 0.6 is 0 Å². The van der Waals surface area contributed by atoms with Gasteiger partial charge in [0.1, 0.15) is 0 Å². The van der Waals surface area contributed by atoms with Crippen LogP contribution in [0.25, 0.3) is 0 Å². The number of carbonyl (C=O) groups is 1. The van der Waals surface area contributed by atoms with Crippen LogP contribution in [0.2, 0.25) is 0 Å². The highest BCUT2D eigenvalue weighted by atomic mass is 32.2. The van der Waals surface area contributed by atoms with Crippen LogP contribution in [0.5, 0.6) is 0 Å². The molecule has 116 valence electrons. The summed E-state index contributed by atoms with van der Waals surface area (Å²) in [6.07, 6.45) is 0.402. The van der Waals surface area contributed by atoms with Gasteiger partial charge < -0.3 is 9.84 Å². The van der Waals surface area contributed by atoms with E-state index in [1.54, 1.807) is 0 Å². The largest absolute Gasteiger partial charge is 0.481 e. The Morgan fingerprint density at radius 1 is 1.33 bits per heavy atom. The van der Waals surface area contributed by atoms with Gasteiger partial charge in [-0.05, 0) is 12.0 Å². The normalized spacial score (nSPS) is 22.6. The Balaban J connectivity index is 2.03. The molecule has 0 saturated carbocycles. The van der Waals surface area contributed by atoms with E-state index in [-0.39, 0.29) is 19.0 Å². The molecule has 1 aliphatic heterocycles. The summed E-state index contributed by atoms with van der Waals surface area (Å²) in [5, 5.41) is 9.10. The minimum absolute atomic E-state index is 0.0453. The van der Waals surface area contributed by atoms with Crippen LogP contribution in [0.1, 0.15) is 5.56 Å². The highest BCUT2D eigenvalue weighted by Gasteiger charge is 2.40. The van der Waals surface area contributed by atoms with Crippen molar-refractivity contribution < 1.29 is 23.1 Å². The van der Waals surface area contributed by atoms with Crippen molar-refractivity contribution in [3.05, 3.63) is 35.9 Å². The average molecular weight is 313 g/mol. The number of nitrogens with zero attached hydrogens (tertiary/aromatic N) is 1. The molecule has 0 bridgehead atoms. The molecule has 7 heteroatoms. The summed E-state index contributed by atoms with van der Waals surface area (Å²) in [7, 11) is -2.09. The van der Waals surface area contributed by atoms with E-state index in [9.17, 15) is 13.2 Å². The van der Waals surface area contributed by atoms with Crippen LogP contribution in [-0.4, -0.2) is 55.9 Å². The molecule has 0 radical (unpaired) electrons. The van der Waals surface area contributed by atoms with Crippen molar-refractivity contribution in [1.29, 1.82) is 0 Å². The first-order valence-corrected chi connectivity index (χ1v) is 8.33. The minimum atomic E-state index is -3.52. The lowest BCUT2D eigenvalue weighted by Crippen LogP contribution is -2.45. The zero-order chi connectivity index (χ0) is 15.5. The molecule has 1 aromatic carbocycles. The number of hydrogen-bond donors (Lipinski definition) is 1. The number of carboxylic acids is 1. The van der Waals surface area contributed by atoms with Crippen LogP contribution in [0.4, 0.5) is 0 Å². The van der Waals surface area contributed by atoms with Crippen molar-refractivity contribution in [1.82, 2.24) is 4.31 Å². The van der Waals surface area contributed by atoms with Crippen molar-refractivity contribution in [3.8, 4) is 0 Å². The van der Waals surface area contributed by atoms with Crippen LogP contribution in [-0.2, 0) is 26.0 Å². The maximum Gasteiger partial charge on any atom is 0.310 e. The number of rotatable bonds is 6. The number of likely N-dealkylation sites (N-methyl/N-ethyl adjacent to an activating group) is 1. The second-order valence-electron chi connectivity index (χ2n) is 5.12. The molecule has 0 amide bonds. The molecule has 2 unspecified atom stereocenters. The Kier molecular flexibility index (Phi) is 4.97. The Bertz CT molecular complexity index is 587. The Labute approximate surface area is 124 Å². The number of carboxylic acid groups (broad SMARTS) is 1. The summed E-state index contributed by atoms with van der Waals surface area (Å²) < 4.78 is 31.0. The van der Waals surface area contributed by atoms with Gasteiger partial charge in [-0.25, -0.2) is 8.42 Å². The predicted molar refractivity (Wildman–Crippen MR) is 77.4 cm³/mol. The molecule has 1 aromatic rings. The summed E-state index contributed by atoms with van der Waals surface area (Å²) in [6, 6.07) is 8.69. The number of sulfonamides is 1. The maximum absolute atomic E-state index is 12.3. The van der Waals surface area contributed by atoms with Crippen molar-refractivity contribution in [3.63, 3.8) is 0 Å². The molecular weight excluding hydrogens is 294 g/mol. The van der Waals surface area contributed by atoms with Crippen LogP contribution in [0.15, 0.2) is 30.3 Å². The molecule has 1 heterocycles. The summed E-state index contributed by atoms with van der Waals surface area (Å²) in [5.41, 5.74) is 0.937. The van der Waals surface area contributed by atoms with Crippen LogP contribution in [0.3, 0.4) is 0 Å². The monoisotopic (exact) mass is 313 g/mol. The quantitative estimate of drug-likeness (QED) is 0.831. The maximum atomic E-state index is 12.3. The van der Waals surface area contributed by atoms with Crippen molar-refractivity contribution in [2.75, 3.05) is 26.0 Å². The minimum Gasteiger partial charge on any atom is -0.481 e. The number of hydrogen-bond acceptors (Lipinski definition) is 4. The fourth-order valence-corrected chi connectivity index (χ4v) is 3.78. The van der Waals surface area contributed by atoms with E-state index in [2.05, 4.69) is 0 Å². The lowest BCUT2D eigenvalue weighted by Gasteiger charge is -2.25. The first-order valence-electron chi connectivity index (χ1n) is 6.72. The molecule has 0 aromatic heterocycles. The van der Waals surface area contributed by atoms with Crippen molar-refractivity contribution in [2.45, 2.75) is 12.5 Å². The summed E-state index contributed by atoms with van der Waals surface area (Å²) in [5.74, 6) is -1.87. The molecule has 2 rings (SSSR count). The van der Waals surface area contributed by atoms with Gasteiger partial charge in [0.25, 0.3) is 0 Å². The Morgan fingerprint density at radius 2 is 2.00 bits per heavy atom. The fraction of sp³-hybridized carbons (Fsp3) is 0.500. The Morgan fingerprint density at radius 3 is 2.62 bits per heavy atom. The number of aryl methyl sites for hydroxylation is 1. The Hall–Kier alpha value is -1.44. The third-order valence-electron chi connectivity index (χ3n) is 3.77. The van der Waals surface area contributed by atoms with Gasteiger partial charge in [-0.1, -0.05) is 30.3 Å². The zero-order valence-corrected chi connectivity index (χ0v) is 12.6. The van der Waals surface area contributed by atoms with Gasteiger partial charge in [0, 0.05) is 7.05 Å². The molecule has 6 nitrogen and oxygen atoms in total. The molecule has 0 aliphatic carbocycles. The molecule has 1 N–H and O–H groups in total. The van der Waals surface area contributed by atoms with Crippen molar-refractivity contribution in [2.24, 2.45) is 5.92 Å². The van der Waals surface area contributed by atoms with Gasteiger partial charge in [-0.2, -0.15) is 4.31 Å². The van der Waals surface area contributed by atoms with E-state index in [1.807, 2.05) is 30.3 Å². The fourth-order valence-electron chi connectivity index (χ4n) is 2.38. The highest BCUT2D eigenvalue weighted by Crippen LogP contribution is 2.22. The second-order valence-corrected chi connectivity index (χ2v) is 7.27. The van der Waals surface area contributed by atoms with Gasteiger partial charge >= 0.3 is 5.97 Å². The number of aliphatic carboxylic acids is 1. The second kappa shape index (κ2) is 6.55. The number of ether oxygens (including phenoxy) is 1. The van der Waals surface area contributed by atoms with E-state index in [4.69, 9.17) is 9.84 Å². The summed E-state index contributed by atoms with van der Waals surface area (Å²) in [6.45, 7) is 0.177. The summed E-state index contributed by atoms with van der Waals surface area (Å²) in [4.78, 5) is 11.1. The molecule has 1 fully saturated rings. The highest BCUT2D eigenvalue weighted by molar-refractivity contribution is 7.89. The topological polar surface area (TPSA) is 83.9 Å². The zero-order valence-electron chi connectivity index (χ0n) is 11.8. The summed E-state index contributed by atoms with van der Waals surface area (Å²) >= 11 is 0. The molecule has 0 spiro atoms. The average Bonchev–Trinajstić information content (AvgIpc) is 2.95. The third-order valence-corrected chi connectivity index (χ3v) is 5.63. The number of benzene rings is 1. The van der Waals surface area contributed by atoms with Gasteiger partial charge in [-0.3, -0.25) is 4.79 Å². The van der Waals surface area contributed by atoms with E-state index in [0.29, 0.717) is 6.42 Å². The van der Waals surface area contributed by atoms with E-state index < -0.39 is 28.0 Å². The lowest BCUT2D eigenvalue weighted by atomic mass is 10.1. The molecule has 1 aliphatic rings. The standard InChI is InChI=1S/C14H19NO5S/c1-15(13-10-20-9-12(13)14(16)17)21(18,19)8-7-11-5-3-2-4-6-11/h2-6,12-13H,7-10H2,1H3,(H,16,17). The first-order chi connectivity index (χ1) is 9.92. The van der Waals surface area contributed by atoms with Crippen LogP contribution in [0, 0.1) is 5.92 Å². The smallest absolute Gasteiger partial charge is 0.310 e. The predicted octanol–water partition coefficient (Wildman–Crippen LogP) is 0.590. The van der Waals surface area contributed by atoms with Crippen LogP contribution < -0.4 is 0 Å². The molecule has 2 atom stereocenters. The van der Waals surface area contributed by atoms with E-state index >= 15 is 0 Å². The van der Waals surface area contributed by atoms with Crippen molar-refractivity contribution >= 4 is 16.0 Å². The van der Waals surface area contributed by atoms with E-state index in [1.165, 1.54) is 7.05 Å². The van der Waals surface area contributed by atoms with Gasteiger partial charge in [0.15, 0.2) is 0 Å². The van der Waals surface area contributed by atoms with Gasteiger partial charge in [-0.15, -0.1) is 0 Å². The molecule has 21 heavy (non-hydrogen) atoms. The first kappa shape index (κ1) is 15.9. The van der Waals surface area contributed by atoms with E-state index in [0.717, 1.165) is 9.87 Å². The van der Waals surface area contributed by atoms with Gasteiger partial charge in [0.2, 0.25) is 10.0 Å². The third kappa shape index (κ3) is 3.81. The lowest BCUT2D eigenvalue weighted by molar-refractivity contribution is -0.142. The SMILES string of the molecule is CN(C1COCC1C(=O)O)S(=O)(=O)CCc1ccccc1. The molecular formula is C14H19NO5S.